The molecule has 0 amide bonds. The maximum atomic E-state index is 12.3. The molecular weight excluding hydrogens is 250 g/mol. The number of nitrogens with zero attached hydrogens (tertiary/aromatic N) is 1. The summed E-state index contributed by atoms with van der Waals surface area (Å²) in [6, 6.07) is 0. The van der Waals surface area contributed by atoms with Crippen molar-refractivity contribution in [3.63, 3.8) is 0 Å². The molecule has 1 fully saturated rings. The van der Waals surface area contributed by atoms with Gasteiger partial charge in [-0.2, -0.15) is 4.31 Å². The predicted octanol–water partition coefficient (Wildman–Crippen LogP) is 1.44. The van der Waals surface area contributed by atoms with Crippen molar-refractivity contribution < 1.29 is 13.2 Å². The van der Waals surface area contributed by atoms with Crippen LogP contribution >= 0.6 is 11.6 Å². The molecule has 0 bridgehead atoms. The summed E-state index contributed by atoms with van der Waals surface area (Å²) >= 11 is 5.80. The highest BCUT2D eigenvalue weighted by molar-refractivity contribution is 7.89. The largest absolute Gasteiger partial charge is 0.381 e. The van der Waals surface area contributed by atoms with E-state index in [4.69, 9.17) is 16.3 Å². The van der Waals surface area contributed by atoms with Gasteiger partial charge in [-0.1, -0.05) is 0 Å². The maximum absolute atomic E-state index is 12.3. The van der Waals surface area contributed by atoms with Crippen LogP contribution in [0, 0.1) is 0 Å². The molecule has 1 aliphatic heterocycles. The zero-order valence-corrected chi connectivity index (χ0v) is 11.6. The first kappa shape index (κ1) is 14.2. The predicted molar refractivity (Wildman–Crippen MR) is 65.3 cm³/mol. The molecule has 0 spiro atoms. The third kappa shape index (κ3) is 2.88. The van der Waals surface area contributed by atoms with E-state index in [0.29, 0.717) is 26.1 Å². The van der Waals surface area contributed by atoms with Crippen LogP contribution < -0.4 is 0 Å². The topological polar surface area (TPSA) is 46.6 Å². The fraction of sp³-hybridized carbons (Fsp3) is 1.00. The third-order valence-electron chi connectivity index (χ3n) is 3.15. The molecule has 0 saturated carbocycles. The van der Waals surface area contributed by atoms with Crippen LogP contribution in [-0.4, -0.2) is 49.7 Å². The molecule has 0 aromatic carbocycles. The minimum absolute atomic E-state index is 0.284. The summed E-state index contributed by atoms with van der Waals surface area (Å²) in [6.45, 7) is 4.71. The molecule has 0 N–H and O–H groups in total. The Morgan fingerprint density at radius 2 is 1.88 bits per heavy atom. The summed E-state index contributed by atoms with van der Waals surface area (Å²) < 4.78 is 31.2. The van der Waals surface area contributed by atoms with E-state index in [1.54, 1.807) is 7.05 Å². The maximum Gasteiger partial charge on any atom is 0.217 e. The van der Waals surface area contributed by atoms with Gasteiger partial charge in [0.15, 0.2) is 0 Å². The van der Waals surface area contributed by atoms with Crippen LogP contribution in [0.25, 0.3) is 0 Å². The molecule has 16 heavy (non-hydrogen) atoms. The molecule has 1 aliphatic rings. The monoisotopic (exact) mass is 269 g/mol. The van der Waals surface area contributed by atoms with Crippen LogP contribution in [0.5, 0.6) is 0 Å². The van der Waals surface area contributed by atoms with E-state index in [1.165, 1.54) is 4.31 Å². The molecule has 0 atom stereocenters. The molecule has 0 aromatic rings. The summed E-state index contributed by atoms with van der Waals surface area (Å²) in [6.07, 6.45) is 1.15. The summed E-state index contributed by atoms with van der Waals surface area (Å²) in [4.78, 5) is 0. The molecular formula is C10H20ClNO3S. The standard InChI is InChI=1S/C10H20ClNO3S/c1-10(2,8-11)12(3)16(13,14)9-4-6-15-7-5-9/h9H,4-8H2,1-3H3. The summed E-state index contributed by atoms with van der Waals surface area (Å²) in [5.74, 6) is 0.284. The molecule has 4 nitrogen and oxygen atoms in total. The van der Waals surface area contributed by atoms with Crippen molar-refractivity contribution in [3.8, 4) is 0 Å². The Morgan fingerprint density at radius 3 is 2.31 bits per heavy atom. The van der Waals surface area contributed by atoms with E-state index in [1.807, 2.05) is 13.8 Å². The molecule has 96 valence electrons. The lowest BCUT2D eigenvalue weighted by Crippen LogP contribution is -2.50. The van der Waals surface area contributed by atoms with Gasteiger partial charge >= 0.3 is 0 Å². The zero-order chi connectivity index (χ0) is 12.4. The van der Waals surface area contributed by atoms with Gasteiger partial charge in [0.1, 0.15) is 0 Å². The van der Waals surface area contributed by atoms with E-state index in [9.17, 15) is 8.42 Å². The van der Waals surface area contributed by atoms with Crippen molar-refractivity contribution >= 4 is 21.6 Å². The molecule has 1 rings (SSSR count). The van der Waals surface area contributed by atoms with Gasteiger partial charge in [-0.05, 0) is 26.7 Å². The van der Waals surface area contributed by atoms with Crippen molar-refractivity contribution in [2.24, 2.45) is 0 Å². The van der Waals surface area contributed by atoms with Gasteiger partial charge in [-0.15, -0.1) is 11.6 Å². The first-order valence-electron chi connectivity index (χ1n) is 5.44. The number of ether oxygens (including phenoxy) is 1. The number of hydrogen-bond donors (Lipinski definition) is 0. The quantitative estimate of drug-likeness (QED) is 0.726. The minimum Gasteiger partial charge on any atom is -0.381 e. The Morgan fingerprint density at radius 1 is 1.38 bits per heavy atom. The van der Waals surface area contributed by atoms with Gasteiger partial charge in [-0.25, -0.2) is 8.42 Å². The molecule has 1 saturated heterocycles. The lowest BCUT2D eigenvalue weighted by molar-refractivity contribution is 0.0966. The summed E-state index contributed by atoms with van der Waals surface area (Å²) in [7, 11) is -1.66. The molecule has 0 aliphatic carbocycles. The van der Waals surface area contributed by atoms with Crippen LogP contribution in [0.1, 0.15) is 26.7 Å². The van der Waals surface area contributed by atoms with Crippen LogP contribution in [-0.2, 0) is 14.8 Å². The average Bonchev–Trinajstić information content (AvgIpc) is 2.29. The van der Waals surface area contributed by atoms with E-state index in [0.717, 1.165) is 0 Å². The smallest absolute Gasteiger partial charge is 0.217 e. The highest BCUT2D eigenvalue weighted by Gasteiger charge is 2.38. The molecule has 0 unspecified atom stereocenters. The Kier molecular flexibility index (Phi) is 4.63. The highest BCUT2D eigenvalue weighted by atomic mass is 35.5. The molecule has 0 aromatic heterocycles. The Balaban J connectivity index is 2.84. The first-order chi connectivity index (χ1) is 7.32. The van der Waals surface area contributed by atoms with Crippen LogP contribution in [0.3, 0.4) is 0 Å². The normalized spacial score (nSPS) is 20.3. The Hall–Kier alpha value is 0.160. The second-order valence-electron chi connectivity index (χ2n) is 4.77. The van der Waals surface area contributed by atoms with Gasteiger partial charge in [-0.3, -0.25) is 0 Å². The Labute approximate surface area is 103 Å². The lowest BCUT2D eigenvalue weighted by Gasteiger charge is -2.36. The Bertz CT molecular complexity index is 323. The fourth-order valence-corrected chi connectivity index (χ4v) is 3.87. The zero-order valence-electron chi connectivity index (χ0n) is 10.1. The number of halogens is 1. The summed E-state index contributed by atoms with van der Waals surface area (Å²) in [5.41, 5.74) is -0.543. The fourth-order valence-electron chi connectivity index (χ4n) is 1.63. The number of rotatable bonds is 4. The third-order valence-corrected chi connectivity index (χ3v) is 6.38. The summed E-state index contributed by atoms with van der Waals surface area (Å²) in [5, 5.41) is -0.325. The van der Waals surface area contributed by atoms with Gasteiger partial charge in [0.05, 0.1) is 5.25 Å². The molecule has 0 radical (unpaired) electrons. The van der Waals surface area contributed by atoms with E-state index in [2.05, 4.69) is 0 Å². The van der Waals surface area contributed by atoms with Crippen LogP contribution in [0.4, 0.5) is 0 Å². The van der Waals surface area contributed by atoms with Crippen molar-refractivity contribution in [2.75, 3.05) is 26.1 Å². The SMILES string of the molecule is CN(C(C)(C)CCl)S(=O)(=O)C1CCOCC1. The first-order valence-corrected chi connectivity index (χ1v) is 7.47. The average molecular weight is 270 g/mol. The van der Waals surface area contributed by atoms with E-state index in [-0.39, 0.29) is 11.1 Å². The molecule has 1 heterocycles. The number of hydrogen-bond acceptors (Lipinski definition) is 3. The second kappa shape index (κ2) is 5.21. The molecule has 6 heteroatoms. The van der Waals surface area contributed by atoms with Gasteiger partial charge in [0.2, 0.25) is 10.0 Å². The van der Waals surface area contributed by atoms with Crippen molar-refractivity contribution in [3.05, 3.63) is 0 Å². The van der Waals surface area contributed by atoms with Gasteiger partial charge in [0.25, 0.3) is 0 Å². The van der Waals surface area contributed by atoms with Crippen molar-refractivity contribution in [1.82, 2.24) is 4.31 Å². The lowest BCUT2D eigenvalue weighted by atomic mass is 10.1. The second-order valence-corrected chi connectivity index (χ2v) is 7.28. The van der Waals surface area contributed by atoms with E-state index < -0.39 is 15.6 Å². The van der Waals surface area contributed by atoms with E-state index >= 15 is 0 Å². The van der Waals surface area contributed by atoms with Gasteiger partial charge < -0.3 is 4.74 Å². The highest BCUT2D eigenvalue weighted by Crippen LogP contribution is 2.25. The van der Waals surface area contributed by atoms with Crippen molar-refractivity contribution in [2.45, 2.75) is 37.5 Å². The number of alkyl halides is 1. The van der Waals surface area contributed by atoms with Crippen LogP contribution in [0.2, 0.25) is 0 Å². The van der Waals surface area contributed by atoms with Crippen molar-refractivity contribution in [1.29, 1.82) is 0 Å². The minimum atomic E-state index is -3.26. The number of sulfonamides is 1. The van der Waals surface area contributed by atoms with Gasteiger partial charge in [0, 0.05) is 31.7 Å². The van der Waals surface area contributed by atoms with Crippen LogP contribution in [0.15, 0.2) is 0 Å².